The van der Waals surface area contributed by atoms with E-state index in [1.165, 1.54) is 25.5 Å². The van der Waals surface area contributed by atoms with Crippen molar-refractivity contribution in [3.8, 4) is 0 Å². The van der Waals surface area contributed by atoms with Crippen molar-refractivity contribution in [2.75, 3.05) is 6.26 Å². The third-order valence-corrected chi connectivity index (χ3v) is 8.82. The first-order valence-electron chi connectivity index (χ1n) is 8.65. The molecule has 0 aromatic heterocycles. The number of nitrogens with two attached hydrogens (primary N) is 1. The quantitative estimate of drug-likeness (QED) is 0.612. The first-order chi connectivity index (χ1) is 10.0. The fourth-order valence-corrected chi connectivity index (χ4v) is 7.52. The van der Waals surface area contributed by atoms with Gasteiger partial charge in [0.1, 0.15) is 9.84 Å². The molecule has 4 rings (SSSR count). The molecule has 21 heavy (non-hydrogen) atoms. The van der Waals surface area contributed by atoms with E-state index in [0.29, 0.717) is 12.0 Å². The molecule has 0 amide bonds. The van der Waals surface area contributed by atoms with Crippen LogP contribution < -0.4 is 11.3 Å². The predicted octanol–water partition coefficient (Wildman–Crippen LogP) is 1.71. The zero-order valence-electron chi connectivity index (χ0n) is 12.9. The third-order valence-electron chi connectivity index (χ3n) is 7.18. The molecule has 0 saturated heterocycles. The maximum Gasteiger partial charge on any atom is 0.150 e. The largest absolute Gasteiger partial charge is 0.271 e. The fourth-order valence-electron chi connectivity index (χ4n) is 6.33. The van der Waals surface area contributed by atoms with Gasteiger partial charge in [0, 0.05) is 12.3 Å². The maximum absolute atomic E-state index is 11.9. The molecule has 7 atom stereocenters. The van der Waals surface area contributed by atoms with Crippen LogP contribution in [0.5, 0.6) is 0 Å². The van der Waals surface area contributed by atoms with Gasteiger partial charge in [-0.15, -0.1) is 0 Å². The standard InChI is InChI=1S/C16H28N2O2S/c1-21(19,20)12-4-2-3-11(8-12)16(18-17)15-13-9-5-6-10(7-9)14(13)15/h9-16,18H,2-8,17H2,1H3. The van der Waals surface area contributed by atoms with Crippen molar-refractivity contribution in [2.45, 2.75) is 56.2 Å². The van der Waals surface area contributed by atoms with E-state index < -0.39 is 9.84 Å². The van der Waals surface area contributed by atoms with Crippen LogP contribution >= 0.6 is 0 Å². The van der Waals surface area contributed by atoms with Crippen molar-refractivity contribution in [2.24, 2.45) is 41.4 Å². The van der Waals surface area contributed by atoms with E-state index >= 15 is 0 Å². The summed E-state index contributed by atoms with van der Waals surface area (Å²) < 4.78 is 23.8. The summed E-state index contributed by atoms with van der Waals surface area (Å²) in [5.41, 5.74) is 3.11. The van der Waals surface area contributed by atoms with Crippen molar-refractivity contribution in [1.82, 2.24) is 5.43 Å². The number of fused-ring (bicyclic) bond motifs is 5. The summed E-state index contributed by atoms with van der Waals surface area (Å²) in [7, 11) is -2.90. The van der Waals surface area contributed by atoms with Crippen LogP contribution in [0.4, 0.5) is 0 Å². The highest BCUT2D eigenvalue weighted by molar-refractivity contribution is 7.91. The minimum Gasteiger partial charge on any atom is -0.271 e. The maximum atomic E-state index is 11.9. The van der Waals surface area contributed by atoms with Crippen LogP contribution in [-0.2, 0) is 9.84 Å². The van der Waals surface area contributed by atoms with E-state index in [1.807, 2.05) is 0 Å². The smallest absolute Gasteiger partial charge is 0.150 e. The van der Waals surface area contributed by atoms with E-state index in [1.54, 1.807) is 0 Å². The van der Waals surface area contributed by atoms with Crippen LogP contribution in [0.3, 0.4) is 0 Å². The minimum absolute atomic E-state index is 0.137. The second-order valence-electron chi connectivity index (χ2n) is 8.14. The summed E-state index contributed by atoms with van der Waals surface area (Å²) in [6, 6.07) is 0.355. The van der Waals surface area contributed by atoms with Crippen LogP contribution in [0.15, 0.2) is 0 Å². The third kappa shape index (κ3) is 2.27. The molecule has 120 valence electrons. The van der Waals surface area contributed by atoms with Crippen molar-refractivity contribution in [1.29, 1.82) is 0 Å². The lowest BCUT2D eigenvalue weighted by Crippen LogP contribution is -2.46. The van der Waals surface area contributed by atoms with Crippen molar-refractivity contribution < 1.29 is 8.42 Å². The van der Waals surface area contributed by atoms with E-state index in [9.17, 15) is 8.42 Å². The summed E-state index contributed by atoms with van der Waals surface area (Å²) in [5.74, 6) is 10.8. The van der Waals surface area contributed by atoms with Gasteiger partial charge < -0.3 is 0 Å². The zero-order valence-corrected chi connectivity index (χ0v) is 13.7. The number of sulfone groups is 1. The van der Waals surface area contributed by atoms with Crippen LogP contribution in [0, 0.1) is 35.5 Å². The summed E-state index contributed by atoms with van der Waals surface area (Å²) >= 11 is 0. The van der Waals surface area contributed by atoms with Gasteiger partial charge in [0.15, 0.2) is 0 Å². The Bertz CT molecular complexity index is 504. The highest BCUT2D eigenvalue weighted by atomic mass is 32.2. The van der Waals surface area contributed by atoms with Gasteiger partial charge in [-0.3, -0.25) is 11.3 Å². The average molecular weight is 312 g/mol. The summed E-state index contributed by atoms with van der Waals surface area (Å²) in [6.07, 6.45) is 9.55. The molecular formula is C16H28N2O2S. The second-order valence-corrected chi connectivity index (χ2v) is 10.5. The number of hydrogen-bond donors (Lipinski definition) is 2. The molecule has 5 heteroatoms. The highest BCUT2D eigenvalue weighted by Crippen LogP contribution is 2.71. The molecule has 0 aromatic rings. The Morgan fingerprint density at radius 3 is 2.29 bits per heavy atom. The van der Waals surface area contributed by atoms with Crippen molar-refractivity contribution in [3.05, 3.63) is 0 Å². The van der Waals surface area contributed by atoms with Crippen molar-refractivity contribution >= 4 is 9.84 Å². The summed E-state index contributed by atoms with van der Waals surface area (Å²) in [6.45, 7) is 0. The SMILES string of the molecule is CS(=O)(=O)C1CCCC(C(NN)C2C3C4CCC(C4)C32)C1. The molecule has 7 unspecified atom stereocenters. The van der Waals surface area contributed by atoms with Gasteiger partial charge in [-0.2, -0.15) is 0 Å². The molecule has 3 N–H and O–H groups in total. The van der Waals surface area contributed by atoms with Crippen LogP contribution in [0.1, 0.15) is 44.9 Å². The average Bonchev–Trinajstić information content (AvgIpc) is 2.87. The second kappa shape index (κ2) is 4.93. The van der Waals surface area contributed by atoms with Crippen LogP contribution in [0.25, 0.3) is 0 Å². The molecule has 4 fully saturated rings. The molecule has 0 aliphatic heterocycles. The first kappa shape index (κ1) is 14.5. The predicted molar refractivity (Wildman–Crippen MR) is 83.0 cm³/mol. The van der Waals surface area contributed by atoms with Gasteiger partial charge in [-0.25, -0.2) is 8.42 Å². The van der Waals surface area contributed by atoms with Crippen molar-refractivity contribution in [3.63, 3.8) is 0 Å². The molecule has 4 aliphatic carbocycles. The molecule has 0 heterocycles. The molecule has 4 saturated carbocycles. The molecular weight excluding hydrogens is 284 g/mol. The van der Waals surface area contributed by atoms with Gasteiger partial charge in [-0.05, 0) is 74.0 Å². The Balaban J connectivity index is 1.47. The Kier molecular flexibility index (Phi) is 3.40. The van der Waals surface area contributed by atoms with Gasteiger partial charge >= 0.3 is 0 Å². The summed E-state index contributed by atoms with van der Waals surface area (Å²) in [4.78, 5) is 0. The fraction of sp³-hybridized carbons (Fsp3) is 1.00. The molecule has 0 spiro atoms. The van der Waals surface area contributed by atoms with E-state index in [4.69, 9.17) is 5.84 Å². The lowest BCUT2D eigenvalue weighted by Gasteiger charge is -2.34. The molecule has 4 aliphatic rings. The van der Waals surface area contributed by atoms with Gasteiger partial charge in [0.25, 0.3) is 0 Å². The minimum atomic E-state index is -2.90. The first-order valence-corrected chi connectivity index (χ1v) is 10.6. The Hall–Kier alpha value is -0.130. The van der Waals surface area contributed by atoms with Gasteiger partial charge in [-0.1, -0.05) is 6.42 Å². The normalized spacial score (nSPS) is 49.9. The monoisotopic (exact) mass is 312 g/mol. The van der Waals surface area contributed by atoms with E-state index in [-0.39, 0.29) is 5.25 Å². The van der Waals surface area contributed by atoms with E-state index in [0.717, 1.165) is 55.3 Å². The summed E-state index contributed by atoms with van der Waals surface area (Å²) in [5, 5.41) is -0.137. The number of hydrogen-bond acceptors (Lipinski definition) is 4. The number of rotatable bonds is 4. The highest BCUT2D eigenvalue weighted by Gasteiger charge is 2.67. The Labute approximate surface area is 128 Å². The molecule has 4 nitrogen and oxygen atoms in total. The lowest BCUT2D eigenvalue weighted by atomic mass is 9.80. The van der Waals surface area contributed by atoms with Gasteiger partial charge in [0.05, 0.1) is 5.25 Å². The topological polar surface area (TPSA) is 72.2 Å². The molecule has 0 aromatic carbocycles. The molecule has 2 bridgehead atoms. The van der Waals surface area contributed by atoms with Crippen LogP contribution in [0.2, 0.25) is 0 Å². The van der Waals surface area contributed by atoms with E-state index in [2.05, 4.69) is 5.43 Å². The Morgan fingerprint density at radius 1 is 1.05 bits per heavy atom. The van der Waals surface area contributed by atoms with Gasteiger partial charge in [0.2, 0.25) is 0 Å². The number of nitrogens with one attached hydrogen (secondary N) is 1. The number of hydrazine groups is 1. The molecule has 0 radical (unpaired) electrons. The Morgan fingerprint density at radius 2 is 1.71 bits per heavy atom. The lowest BCUT2D eigenvalue weighted by molar-refractivity contribution is 0.224. The zero-order chi connectivity index (χ0) is 14.8. The van der Waals surface area contributed by atoms with Crippen LogP contribution in [-0.4, -0.2) is 26.0 Å².